The number of carbonyl (C=O) groups excluding carboxylic acids is 5. The zero-order valence-corrected chi connectivity index (χ0v) is 32.4. The number of carbonyl (C=O) groups is 5. The first-order valence-electron chi connectivity index (χ1n) is 20.2. The summed E-state index contributed by atoms with van der Waals surface area (Å²) in [5, 5.41) is 14.0. The van der Waals surface area contributed by atoms with Crippen LogP contribution in [0.5, 0.6) is 0 Å². The summed E-state index contributed by atoms with van der Waals surface area (Å²) in [6.45, 7) is 6.19. The van der Waals surface area contributed by atoms with Gasteiger partial charge < -0.3 is 14.6 Å². The number of piperidine rings is 2. The topological polar surface area (TPSA) is 176 Å². The Bertz CT molecular complexity index is 2410. The van der Waals surface area contributed by atoms with Gasteiger partial charge in [-0.2, -0.15) is 0 Å². The van der Waals surface area contributed by atoms with Crippen LogP contribution in [0.3, 0.4) is 0 Å². The SMILES string of the molecule is C[C@H]1CCCN1Cc1nc2cc(NC(=O)c3ccc(-c4cn(CCCC5CCN(c6cccc7c6C(=O)N(C6CCC(=O)NC6=O)C7=O)CC5)nn4)cc3)ccc2o1. The predicted octanol–water partition coefficient (Wildman–Crippen LogP) is 5.42. The minimum Gasteiger partial charge on any atom is -0.439 e. The van der Waals surface area contributed by atoms with Crippen LogP contribution in [0.25, 0.3) is 22.4 Å². The molecule has 0 saturated carbocycles. The third-order valence-electron chi connectivity index (χ3n) is 12.1. The highest BCUT2D eigenvalue weighted by molar-refractivity contribution is 6.25. The maximum absolute atomic E-state index is 13.6. The molecule has 5 aromatic rings. The summed E-state index contributed by atoms with van der Waals surface area (Å²) in [6.07, 6.45) is 8.36. The monoisotopic (exact) mass is 783 g/mol. The molecule has 6 heterocycles. The quantitative estimate of drug-likeness (QED) is 0.164. The number of rotatable bonds is 11. The van der Waals surface area contributed by atoms with Crippen LogP contribution >= 0.6 is 0 Å². The molecule has 58 heavy (non-hydrogen) atoms. The fourth-order valence-electron chi connectivity index (χ4n) is 8.82. The summed E-state index contributed by atoms with van der Waals surface area (Å²) in [5.41, 5.74) is 5.56. The molecule has 298 valence electrons. The van der Waals surface area contributed by atoms with Crippen LogP contribution in [-0.4, -0.2) is 91.0 Å². The Kier molecular flexibility index (Phi) is 10.1. The lowest BCUT2D eigenvalue weighted by Crippen LogP contribution is -2.54. The minimum absolute atomic E-state index is 0.0858. The van der Waals surface area contributed by atoms with Crippen molar-refractivity contribution in [3.05, 3.63) is 89.4 Å². The summed E-state index contributed by atoms with van der Waals surface area (Å²) in [7, 11) is 0. The number of benzene rings is 3. The van der Waals surface area contributed by atoms with Gasteiger partial charge in [0.25, 0.3) is 17.7 Å². The van der Waals surface area contributed by atoms with E-state index in [0.29, 0.717) is 58.0 Å². The molecular formula is C43H45N9O6. The van der Waals surface area contributed by atoms with E-state index in [9.17, 15) is 24.0 Å². The lowest BCUT2D eigenvalue weighted by atomic mass is 9.91. The van der Waals surface area contributed by atoms with Gasteiger partial charge in [-0.25, -0.2) is 4.98 Å². The number of nitrogens with one attached hydrogen (secondary N) is 2. The van der Waals surface area contributed by atoms with Crippen molar-refractivity contribution >= 4 is 52.0 Å². The van der Waals surface area contributed by atoms with Gasteiger partial charge in [0.2, 0.25) is 17.7 Å². The van der Waals surface area contributed by atoms with Crippen LogP contribution in [0, 0.1) is 5.92 Å². The number of likely N-dealkylation sites (tertiary alicyclic amines) is 1. The second-order valence-electron chi connectivity index (χ2n) is 15.9. The molecule has 15 heteroatoms. The van der Waals surface area contributed by atoms with Crippen LogP contribution in [0.1, 0.15) is 95.3 Å². The summed E-state index contributed by atoms with van der Waals surface area (Å²) >= 11 is 0. The summed E-state index contributed by atoms with van der Waals surface area (Å²) in [6, 6.07) is 17.7. The number of oxazole rings is 1. The number of fused-ring (bicyclic) bond motifs is 2. The number of aryl methyl sites for hydroxylation is 1. The standard InChI is InChI=1S/C43H45N9O6/c1-26-5-3-19-50(26)25-38-45-32-23-30(13-15-36(32)58-38)44-40(54)29-11-9-28(10-12-29)33-24-51(48-47-33)20-4-6-27-17-21-49(22-18-27)34-8-2-7-31-39(34)43(57)52(42(31)56)35-14-16-37(53)46-41(35)55/h2,7-13,15,23-24,26-27,35H,3-6,14,16-22,25H2,1H3,(H,44,54)(H,46,53,55)/t26-,35?/m0/s1. The van der Waals surface area contributed by atoms with E-state index in [-0.39, 0.29) is 18.7 Å². The second-order valence-corrected chi connectivity index (χ2v) is 15.9. The van der Waals surface area contributed by atoms with Crippen molar-refractivity contribution in [1.82, 2.24) is 35.1 Å². The Morgan fingerprint density at radius 3 is 2.55 bits per heavy atom. The van der Waals surface area contributed by atoms with Crippen molar-refractivity contribution in [2.24, 2.45) is 5.92 Å². The smallest absolute Gasteiger partial charge is 0.264 e. The molecular weight excluding hydrogens is 739 g/mol. The van der Waals surface area contributed by atoms with Gasteiger partial charge in [-0.05, 0) is 107 Å². The maximum atomic E-state index is 13.6. The second kappa shape index (κ2) is 15.6. The molecule has 3 aromatic carbocycles. The molecule has 2 atom stereocenters. The van der Waals surface area contributed by atoms with E-state index in [1.165, 1.54) is 12.8 Å². The Morgan fingerprint density at radius 2 is 1.78 bits per heavy atom. The van der Waals surface area contributed by atoms with E-state index in [0.717, 1.165) is 73.5 Å². The molecule has 2 N–H and O–H groups in total. The zero-order valence-electron chi connectivity index (χ0n) is 32.4. The molecule has 15 nitrogen and oxygen atoms in total. The Labute approximate surface area is 334 Å². The van der Waals surface area contributed by atoms with Gasteiger partial charge in [-0.1, -0.05) is 23.4 Å². The first-order chi connectivity index (χ1) is 28.2. The predicted molar refractivity (Wildman–Crippen MR) is 214 cm³/mol. The molecule has 4 aliphatic rings. The number of hydrogen-bond donors (Lipinski definition) is 2. The van der Waals surface area contributed by atoms with Crippen LogP contribution in [0.4, 0.5) is 11.4 Å². The largest absolute Gasteiger partial charge is 0.439 e. The normalized spacial score (nSPS) is 20.3. The van der Waals surface area contributed by atoms with Crippen molar-refractivity contribution in [2.45, 2.75) is 83.5 Å². The Balaban J connectivity index is 0.746. The summed E-state index contributed by atoms with van der Waals surface area (Å²) in [5.74, 6) is -0.997. The molecule has 0 aliphatic carbocycles. The van der Waals surface area contributed by atoms with E-state index in [1.807, 2.05) is 47.3 Å². The first-order valence-corrected chi connectivity index (χ1v) is 20.2. The molecule has 1 unspecified atom stereocenters. The minimum atomic E-state index is -0.986. The third kappa shape index (κ3) is 7.37. The fraction of sp³-hybridized carbons (Fsp3) is 0.395. The molecule has 0 spiro atoms. The Hall–Kier alpha value is -6.22. The molecule has 0 radical (unpaired) electrons. The average molecular weight is 784 g/mol. The van der Waals surface area contributed by atoms with E-state index in [1.54, 1.807) is 24.3 Å². The molecule has 3 fully saturated rings. The summed E-state index contributed by atoms with van der Waals surface area (Å²) < 4.78 is 7.83. The van der Waals surface area contributed by atoms with Crippen molar-refractivity contribution < 1.29 is 28.4 Å². The zero-order chi connectivity index (χ0) is 39.9. The van der Waals surface area contributed by atoms with E-state index in [4.69, 9.17) is 4.42 Å². The highest BCUT2D eigenvalue weighted by Crippen LogP contribution is 2.36. The van der Waals surface area contributed by atoms with Gasteiger partial charge in [0.15, 0.2) is 5.58 Å². The van der Waals surface area contributed by atoms with Crippen molar-refractivity contribution in [2.75, 3.05) is 29.9 Å². The lowest BCUT2D eigenvalue weighted by molar-refractivity contribution is -0.136. The van der Waals surface area contributed by atoms with Crippen LogP contribution in [0.2, 0.25) is 0 Å². The van der Waals surface area contributed by atoms with Gasteiger partial charge in [0.05, 0.1) is 29.6 Å². The van der Waals surface area contributed by atoms with Crippen molar-refractivity contribution in [3.8, 4) is 11.3 Å². The van der Waals surface area contributed by atoms with E-state index >= 15 is 0 Å². The van der Waals surface area contributed by atoms with Gasteiger partial charge in [0, 0.05) is 48.9 Å². The number of imide groups is 2. The van der Waals surface area contributed by atoms with Crippen molar-refractivity contribution in [1.29, 1.82) is 0 Å². The van der Waals surface area contributed by atoms with Gasteiger partial charge in [-0.3, -0.25) is 43.8 Å². The van der Waals surface area contributed by atoms with Crippen LogP contribution in [-0.2, 0) is 22.7 Å². The van der Waals surface area contributed by atoms with Crippen molar-refractivity contribution in [3.63, 3.8) is 0 Å². The number of aromatic nitrogens is 4. The van der Waals surface area contributed by atoms with E-state index in [2.05, 4.69) is 42.7 Å². The molecule has 9 rings (SSSR count). The number of nitrogens with zero attached hydrogens (tertiary/aromatic N) is 7. The molecule has 4 aliphatic heterocycles. The Morgan fingerprint density at radius 1 is 0.948 bits per heavy atom. The molecule has 3 saturated heterocycles. The maximum Gasteiger partial charge on any atom is 0.264 e. The number of anilines is 2. The van der Waals surface area contributed by atoms with Gasteiger partial charge >= 0.3 is 0 Å². The van der Waals surface area contributed by atoms with Gasteiger partial charge in [-0.15, -0.1) is 5.10 Å². The third-order valence-corrected chi connectivity index (χ3v) is 12.1. The first kappa shape index (κ1) is 37.4. The lowest BCUT2D eigenvalue weighted by Gasteiger charge is -2.34. The average Bonchev–Trinajstić information content (AvgIpc) is 4.02. The van der Waals surface area contributed by atoms with Crippen LogP contribution in [0.15, 0.2) is 71.3 Å². The van der Waals surface area contributed by atoms with Gasteiger partial charge in [0.1, 0.15) is 17.3 Å². The highest BCUT2D eigenvalue weighted by Gasteiger charge is 2.46. The number of hydrogen-bond acceptors (Lipinski definition) is 11. The molecule has 5 amide bonds. The fourth-order valence-corrected chi connectivity index (χ4v) is 8.82. The molecule has 2 aromatic heterocycles. The highest BCUT2D eigenvalue weighted by atomic mass is 16.3. The summed E-state index contributed by atoms with van der Waals surface area (Å²) in [4.78, 5) is 74.4. The van der Waals surface area contributed by atoms with Crippen LogP contribution < -0.4 is 15.5 Å². The van der Waals surface area contributed by atoms with E-state index < -0.39 is 29.7 Å². The number of amides is 5. The molecule has 0 bridgehead atoms.